The van der Waals surface area contributed by atoms with E-state index in [9.17, 15) is 37.7 Å². The van der Waals surface area contributed by atoms with Gasteiger partial charge in [0.15, 0.2) is 6.10 Å². The van der Waals surface area contributed by atoms with Crippen LogP contribution in [0.4, 0.5) is 34.3 Å². The van der Waals surface area contributed by atoms with Crippen molar-refractivity contribution in [3.8, 4) is 11.5 Å². The number of nitrogens with zero attached hydrogens (tertiary/aromatic N) is 3. The van der Waals surface area contributed by atoms with Crippen molar-refractivity contribution in [2.45, 2.75) is 26.1 Å². The third-order valence-corrected chi connectivity index (χ3v) is 6.28. The number of nitro benzene ring substituents is 1. The normalized spacial score (nSPS) is 11.3. The van der Waals surface area contributed by atoms with Crippen molar-refractivity contribution in [3.05, 3.63) is 99.2 Å². The van der Waals surface area contributed by atoms with E-state index in [4.69, 9.17) is 25.8 Å². The van der Waals surface area contributed by atoms with Crippen molar-refractivity contribution in [3.63, 3.8) is 0 Å². The molecule has 13 nitrogen and oxygen atoms in total. The number of carbonyl (C=O) groups excluding carboxylic acids is 3. The van der Waals surface area contributed by atoms with Crippen LogP contribution in [0.25, 0.3) is 0 Å². The number of hydrogen-bond donors (Lipinski definition) is 2. The maximum absolute atomic E-state index is 12.8. The average Bonchev–Trinajstić information content (AvgIpc) is 3.51. The summed E-state index contributed by atoms with van der Waals surface area (Å²) in [6.45, 7) is 2.81. The van der Waals surface area contributed by atoms with E-state index in [2.05, 4.69) is 20.2 Å². The number of halogens is 4. The fraction of sp³-hybridized carbons (Fsp3) is 0.179. The molecule has 0 aliphatic heterocycles. The van der Waals surface area contributed by atoms with Crippen molar-refractivity contribution < 1.29 is 46.7 Å². The number of rotatable bonds is 9. The Kier molecular flexibility index (Phi) is 12.4. The second-order valence-electron chi connectivity index (χ2n) is 8.71. The van der Waals surface area contributed by atoms with Crippen LogP contribution in [0.3, 0.4) is 0 Å². The summed E-state index contributed by atoms with van der Waals surface area (Å²) >= 11 is 6.96. The molecular weight excluding hydrogens is 659 g/mol. The van der Waals surface area contributed by atoms with Crippen molar-refractivity contribution in [2.75, 3.05) is 17.2 Å². The van der Waals surface area contributed by atoms with Gasteiger partial charge in [0.1, 0.15) is 22.1 Å². The number of amides is 2. The van der Waals surface area contributed by atoms with E-state index in [0.717, 1.165) is 47.6 Å². The molecule has 0 radical (unpaired) electrons. The fourth-order valence-corrected chi connectivity index (χ4v) is 3.97. The third kappa shape index (κ3) is 10.4. The van der Waals surface area contributed by atoms with Gasteiger partial charge in [-0.3, -0.25) is 15.4 Å². The number of nitro groups is 1. The molecule has 46 heavy (non-hydrogen) atoms. The number of hydrogen-bond acceptors (Lipinski definition) is 11. The predicted octanol–water partition coefficient (Wildman–Crippen LogP) is 7.35. The van der Waals surface area contributed by atoms with E-state index in [1.165, 1.54) is 13.1 Å². The van der Waals surface area contributed by atoms with Gasteiger partial charge in [-0.15, -0.1) is 5.10 Å². The highest BCUT2D eigenvalue weighted by Gasteiger charge is 2.31. The molecule has 4 rings (SSSR count). The lowest BCUT2D eigenvalue weighted by Crippen LogP contribution is -2.26. The van der Waals surface area contributed by atoms with Gasteiger partial charge in [0, 0.05) is 29.4 Å². The Bertz CT molecular complexity index is 1680. The molecule has 0 aliphatic rings. The molecule has 0 saturated carbocycles. The Hall–Kier alpha value is -5.29. The maximum Gasteiger partial charge on any atom is 0.416 e. The number of anilines is 2. The van der Waals surface area contributed by atoms with Crippen LogP contribution < -0.4 is 15.4 Å². The van der Waals surface area contributed by atoms with Gasteiger partial charge in [-0.1, -0.05) is 34.3 Å². The number of carbonyl (C=O) groups is 3. The van der Waals surface area contributed by atoms with Crippen molar-refractivity contribution in [2.24, 2.45) is 0 Å². The summed E-state index contributed by atoms with van der Waals surface area (Å²) in [4.78, 5) is 45.8. The van der Waals surface area contributed by atoms with Crippen LogP contribution in [0, 0.1) is 10.1 Å². The van der Waals surface area contributed by atoms with Gasteiger partial charge in [0.25, 0.3) is 5.69 Å². The Morgan fingerprint density at radius 3 is 2.37 bits per heavy atom. The van der Waals surface area contributed by atoms with Gasteiger partial charge < -0.3 is 19.5 Å². The average molecular weight is 682 g/mol. The van der Waals surface area contributed by atoms with Gasteiger partial charge in [-0.05, 0) is 50.2 Å². The zero-order valence-electron chi connectivity index (χ0n) is 23.7. The molecule has 1 aromatic heterocycles. The molecule has 1 unspecified atom stereocenters. The van der Waals surface area contributed by atoms with Crippen LogP contribution in [-0.2, 0) is 20.4 Å². The summed E-state index contributed by atoms with van der Waals surface area (Å²) in [6, 6.07) is 14.3. The van der Waals surface area contributed by atoms with E-state index in [1.807, 2.05) is 30.3 Å². The van der Waals surface area contributed by atoms with E-state index in [-0.39, 0.29) is 29.2 Å². The molecule has 0 saturated heterocycles. The molecule has 0 aliphatic carbocycles. The number of alkyl halides is 3. The first-order valence-corrected chi connectivity index (χ1v) is 14.0. The fourth-order valence-electron chi connectivity index (χ4n) is 3.34. The minimum absolute atomic E-state index is 0.0398. The first kappa shape index (κ1) is 35.2. The van der Waals surface area contributed by atoms with Gasteiger partial charge in [0.2, 0.25) is 0 Å². The number of para-hydroxylation sites is 1. The summed E-state index contributed by atoms with van der Waals surface area (Å²) < 4.78 is 56.9. The highest BCUT2D eigenvalue weighted by Crippen LogP contribution is 2.37. The predicted molar refractivity (Wildman–Crippen MR) is 160 cm³/mol. The summed E-state index contributed by atoms with van der Waals surface area (Å²) in [5.74, 6) is -2.36. The van der Waals surface area contributed by atoms with E-state index in [1.54, 1.807) is 6.92 Å². The quantitative estimate of drug-likeness (QED) is 0.103. The number of nitrogens with one attached hydrogen (secondary N) is 2. The summed E-state index contributed by atoms with van der Waals surface area (Å²) in [5, 5.41) is 20.4. The van der Waals surface area contributed by atoms with Gasteiger partial charge in [-0.25, -0.2) is 14.4 Å². The second kappa shape index (κ2) is 16.1. The molecule has 0 bridgehead atoms. The Labute approximate surface area is 267 Å². The number of urea groups is 1. The van der Waals surface area contributed by atoms with Crippen LogP contribution in [0.2, 0.25) is 5.02 Å². The Balaban J connectivity index is 0.000000318. The van der Waals surface area contributed by atoms with Gasteiger partial charge in [0.05, 0.1) is 28.3 Å². The molecular formula is C28H23ClF3N5O8S. The maximum atomic E-state index is 12.8. The topological polar surface area (TPSA) is 172 Å². The lowest BCUT2D eigenvalue weighted by Gasteiger charge is -2.13. The zero-order valence-corrected chi connectivity index (χ0v) is 25.3. The molecule has 1 atom stereocenters. The first-order chi connectivity index (χ1) is 21.8. The molecule has 0 spiro atoms. The van der Waals surface area contributed by atoms with Crippen molar-refractivity contribution in [1.29, 1.82) is 0 Å². The number of aromatic nitrogens is 2. The van der Waals surface area contributed by atoms with Crippen LogP contribution in [0.1, 0.15) is 29.8 Å². The minimum atomic E-state index is -4.61. The lowest BCUT2D eigenvalue weighted by atomic mass is 10.1. The monoisotopic (exact) mass is 681 g/mol. The third-order valence-electron chi connectivity index (χ3n) is 5.40. The highest BCUT2D eigenvalue weighted by molar-refractivity contribution is 7.10. The molecule has 2 N–H and O–H groups in total. The smallest absolute Gasteiger partial charge is 0.416 e. The van der Waals surface area contributed by atoms with E-state index >= 15 is 0 Å². The second-order valence-corrected chi connectivity index (χ2v) is 9.90. The molecule has 1 heterocycles. The molecule has 3 aromatic carbocycles. The van der Waals surface area contributed by atoms with E-state index in [0.29, 0.717) is 11.1 Å². The molecule has 4 aromatic rings. The van der Waals surface area contributed by atoms with Crippen molar-refractivity contribution in [1.82, 2.24) is 9.59 Å². The molecule has 2 amide bonds. The number of benzene rings is 3. The highest BCUT2D eigenvalue weighted by atomic mass is 35.5. The lowest BCUT2D eigenvalue weighted by molar-refractivity contribution is -0.385. The van der Waals surface area contributed by atoms with Gasteiger partial charge in [-0.2, -0.15) is 13.2 Å². The molecule has 18 heteroatoms. The Morgan fingerprint density at radius 1 is 1.07 bits per heavy atom. The summed E-state index contributed by atoms with van der Waals surface area (Å²) in [7, 11) is 0. The molecule has 242 valence electrons. The summed E-state index contributed by atoms with van der Waals surface area (Å²) in [6.07, 6.45) is -4.45. The van der Waals surface area contributed by atoms with Crippen LogP contribution in [0.5, 0.6) is 11.5 Å². The largest absolute Gasteiger partial charge is 0.463 e. The van der Waals surface area contributed by atoms with Gasteiger partial charge >= 0.3 is 24.1 Å². The standard InChI is InChI=1S/C19H15ClF3NO7.C9H8N4OS/c1-3-29-17(25)10(2)30-18(26)13-9-12(5-6-15(13)24(27)28)31-16-7-4-11(8-14(16)20)19(21,22)23;14-9(12-8-6-10-13-15-8)11-7-4-2-1-3-5-7/h4-10H,3H2,1-2H3;1-6H,(H2,11,12,14). The minimum Gasteiger partial charge on any atom is -0.463 e. The zero-order chi connectivity index (χ0) is 33.9. The number of ether oxygens (including phenoxy) is 3. The SMILES string of the molecule is CCOC(=O)C(C)OC(=O)c1cc(Oc2ccc(C(F)(F)F)cc2Cl)ccc1[N+](=O)[O-].O=C(Nc1ccccc1)Nc1cnns1. The molecule has 0 fully saturated rings. The summed E-state index contributed by atoms with van der Waals surface area (Å²) in [5.41, 5.74) is -1.42. The van der Waals surface area contributed by atoms with Crippen LogP contribution >= 0.6 is 23.1 Å². The first-order valence-electron chi connectivity index (χ1n) is 12.9. The Morgan fingerprint density at radius 2 is 1.78 bits per heavy atom. The van der Waals surface area contributed by atoms with E-state index < -0.39 is 46.0 Å². The van der Waals surface area contributed by atoms with Crippen LogP contribution in [-0.4, -0.2) is 45.2 Å². The number of esters is 2. The van der Waals surface area contributed by atoms with Crippen molar-refractivity contribution >= 4 is 57.5 Å². The van der Waals surface area contributed by atoms with Crippen LogP contribution in [0.15, 0.2) is 72.9 Å².